The van der Waals surface area contributed by atoms with Crippen LogP contribution in [0.25, 0.3) is 0 Å². The summed E-state index contributed by atoms with van der Waals surface area (Å²) in [6.45, 7) is 5.19. The van der Waals surface area contributed by atoms with Crippen LogP contribution in [0, 0.1) is 0 Å². The Morgan fingerprint density at radius 1 is 1.45 bits per heavy atom. The van der Waals surface area contributed by atoms with E-state index in [1.807, 2.05) is 13.8 Å². The van der Waals surface area contributed by atoms with Crippen LogP contribution in [0.4, 0.5) is 5.69 Å². The third kappa shape index (κ3) is 2.24. The van der Waals surface area contributed by atoms with Crippen molar-refractivity contribution in [3.8, 4) is 0 Å². The Labute approximate surface area is 115 Å². The third-order valence-electron chi connectivity index (χ3n) is 3.30. The molecular weight excluding hydrogens is 262 g/mol. The van der Waals surface area contributed by atoms with Crippen molar-refractivity contribution in [3.63, 3.8) is 0 Å². The predicted octanol–water partition coefficient (Wildman–Crippen LogP) is -0.398. The molecule has 20 heavy (non-hydrogen) atoms. The highest BCUT2D eigenvalue weighted by Gasteiger charge is 2.36. The molecule has 0 bridgehead atoms. The highest BCUT2D eigenvalue weighted by atomic mass is 16.2. The standard InChI is InChI=1S/C12H17N5O3/c1-5(2)9-8(13)10(16-15-9)12(20)17-4-7(18)14-11(19)6(17)3/h5-6H,4,13H2,1-3H3,(H,15,16)(H,14,18,19). The van der Waals surface area contributed by atoms with E-state index >= 15 is 0 Å². The van der Waals surface area contributed by atoms with E-state index in [-0.39, 0.29) is 23.8 Å². The van der Waals surface area contributed by atoms with E-state index in [2.05, 4.69) is 15.5 Å². The summed E-state index contributed by atoms with van der Waals surface area (Å²) in [5, 5.41) is 8.81. The fraction of sp³-hybridized carbons (Fsp3) is 0.500. The van der Waals surface area contributed by atoms with Gasteiger partial charge in [-0.2, -0.15) is 5.10 Å². The molecule has 8 heteroatoms. The van der Waals surface area contributed by atoms with Gasteiger partial charge in [-0.05, 0) is 12.8 Å². The molecule has 1 fully saturated rings. The monoisotopic (exact) mass is 279 g/mol. The SMILES string of the molecule is CC(C)c1[nH]nc(C(=O)N2CC(=O)NC(=O)C2C)c1N. The number of nitrogen functional groups attached to an aromatic ring is 1. The van der Waals surface area contributed by atoms with Crippen molar-refractivity contribution >= 4 is 23.4 Å². The fourth-order valence-corrected chi connectivity index (χ4v) is 2.07. The topological polar surface area (TPSA) is 121 Å². The van der Waals surface area contributed by atoms with Crippen molar-refractivity contribution in [1.29, 1.82) is 0 Å². The highest BCUT2D eigenvalue weighted by Crippen LogP contribution is 2.23. The van der Waals surface area contributed by atoms with E-state index in [9.17, 15) is 14.4 Å². The van der Waals surface area contributed by atoms with Crippen LogP contribution in [0.2, 0.25) is 0 Å². The van der Waals surface area contributed by atoms with Crippen LogP contribution >= 0.6 is 0 Å². The van der Waals surface area contributed by atoms with Gasteiger partial charge in [0.05, 0.1) is 11.4 Å². The van der Waals surface area contributed by atoms with Crippen LogP contribution < -0.4 is 11.1 Å². The number of nitrogens with two attached hydrogens (primary N) is 1. The first kappa shape index (κ1) is 14.0. The highest BCUT2D eigenvalue weighted by molar-refractivity contribution is 6.07. The van der Waals surface area contributed by atoms with Crippen molar-refractivity contribution in [2.45, 2.75) is 32.7 Å². The fourth-order valence-electron chi connectivity index (χ4n) is 2.07. The summed E-state index contributed by atoms with van der Waals surface area (Å²) in [5.41, 5.74) is 6.87. The number of carbonyl (C=O) groups excluding carboxylic acids is 3. The zero-order valence-corrected chi connectivity index (χ0v) is 11.6. The van der Waals surface area contributed by atoms with Gasteiger partial charge in [-0.25, -0.2) is 0 Å². The summed E-state index contributed by atoms with van der Waals surface area (Å²) >= 11 is 0. The number of anilines is 1. The Hall–Kier alpha value is -2.38. The molecule has 1 unspecified atom stereocenters. The van der Waals surface area contributed by atoms with Crippen LogP contribution in [0.1, 0.15) is 42.9 Å². The van der Waals surface area contributed by atoms with Gasteiger partial charge in [0.25, 0.3) is 5.91 Å². The van der Waals surface area contributed by atoms with Crippen LogP contribution in [0.15, 0.2) is 0 Å². The first-order valence-corrected chi connectivity index (χ1v) is 6.31. The van der Waals surface area contributed by atoms with E-state index in [1.165, 1.54) is 0 Å². The second kappa shape index (κ2) is 4.95. The molecule has 0 aliphatic carbocycles. The zero-order chi connectivity index (χ0) is 15.0. The number of rotatable bonds is 2. The number of aromatic amines is 1. The van der Waals surface area contributed by atoms with Gasteiger partial charge in [0.15, 0.2) is 5.69 Å². The zero-order valence-electron chi connectivity index (χ0n) is 11.6. The predicted molar refractivity (Wildman–Crippen MR) is 70.7 cm³/mol. The van der Waals surface area contributed by atoms with Gasteiger partial charge in [-0.15, -0.1) is 0 Å². The number of nitrogens with one attached hydrogen (secondary N) is 2. The molecule has 0 spiro atoms. The Bertz CT molecular complexity index is 578. The molecule has 4 N–H and O–H groups in total. The quantitative estimate of drug-likeness (QED) is 0.636. The number of nitrogens with zero attached hydrogens (tertiary/aromatic N) is 2. The Kier molecular flexibility index (Phi) is 3.47. The minimum atomic E-state index is -0.737. The summed E-state index contributed by atoms with van der Waals surface area (Å²) < 4.78 is 0. The maximum absolute atomic E-state index is 12.4. The summed E-state index contributed by atoms with van der Waals surface area (Å²) in [5.74, 6) is -1.46. The van der Waals surface area contributed by atoms with E-state index < -0.39 is 23.8 Å². The molecule has 108 valence electrons. The average Bonchev–Trinajstić information content (AvgIpc) is 2.75. The van der Waals surface area contributed by atoms with Gasteiger partial charge in [0, 0.05) is 0 Å². The van der Waals surface area contributed by atoms with Crippen molar-refractivity contribution in [2.24, 2.45) is 0 Å². The summed E-state index contributed by atoms with van der Waals surface area (Å²) in [4.78, 5) is 36.5. The molecule has 0 radical (unpaired) electrons. The van der Waals surface area contributed by atoms with Crippen molar-refractivity contribution in [3.05, 3.63) is 11.4 Å². The number of hydrogen-bond acceptors (Lipinski definition) is 5. The van der Waals surface area contributed by atoms with Gasteiger partial charge in [0.1, 0.15) is 12.6 Å². The molecule has 1 saturated heterocycles. The lowest BCUT2D eigenvalue weighted by atomic mass is 10.1. The summed E-state index contributed by atoms with van der Waals surface area (Å²) in [7, 11) is 0. The van der Waals surface area contributed by atoms with Gasteiger partial charge in [0.2, 0.25) is 11.8 Å². The molecule has 2 heterocycles. The lowest BCUT2D eigenvalue weighted by Gasteiger charge is -2.31. The first-order valence-electron chi connectivity index (χ1n) is 6.31. The lowest BCUT2D eigenvalue weighted by molar-refractivity contribution is -0.138. The molecule has 1 aliphatic rings. The minimum Gasteiger partial charge on any atom is -0.395 e. The van der Waals surface area contributed by atoms with E-state index in [0.29, 0.717) is 5.69 Å². The maximum Gasteiger partial charge on any atom is 0.277 e. The summed E-state index contributed by atoms with van der Waals surface area (Å²) in [6.07, 6.45) is 0. The Balaban J connectivity index is 2.31. The number of amides is 3. The molecule has 0 saturated carbocycles. The smallest absolute Gasteiger partial charge is 0.277 e. The number of piperazine rings is 1. The first-order chi connectivity index (χ1) is 9.32. The number of imide groups is 1. The molecule has 1 aromatic heterocycles. The number of aromatic nitrogens is 2. The van der Waals surface area contributed by atoms with Gasteiger partial charge >= 0.3 is 0 Å². The second-order valence-electron chi connectivity index (χ2n) is 5.08. The number of hydrogen-bond donors (Lipinski definition) is 3. The van der Waals surface area contributed by atoms with Crippen LogP contribution in [0.5, 0.6) is 0 Å². The molecule has 1 atom stereocenters. The molecule has 8 nitrogen and oxygen atoms in total. The molecule has 3 amide bonds. The second-order valence-corrected chi connectivity index (χ2v) is 5.08. The molecule has 1 aliphatic heterocycles. The minimum absolute atomic E-state index is 0.0445. The molecule has 0 aromatic carbocycles. The molecule has 1 aromatic rings. The van der Waals surface area contributed by atoms with Crippen molar-refractivity contribution in [2.75, 3.05) is 12.3 Å². The number of carbonyl (C=O) groups is 3. The van der Waals surface area contributed by atoms with E-state index in [4.69, 9.17) is 5.73 Å². The van der Waals surface area contributed by atoms with Gasteiger partial charge < -0.3 is 10.6 Å². The van der Waals surface area contributed by atoms with Crippen LogP contribution in [-0.2, 0) is 9.59 Å². The Morgan fingerprint density at radius 3 is 2.65 bits per heavy atom. The summed E-state index contributed by atoms with van der Waals surface area (Å²) in [6, 6.07) is -0.737. The average molecular weight is 279 g/mol. The maximum atomic E-state index is 12.4. The van der Waals surface area contributed by atoms with Crippen molar-refractivity contribution in [1.82, 2.24) is 20.4 Å². The normalized spacial score (nSPS) is 19.4. The van der Waals surface area contributed by atoms with Crippen molar-refractivity contribution < 1.29 is 14.4 Å². The van der Waals surface area contributed by atoms with Crippen LogP contribution in [0.3, 0.4) is 0 Å². The van der Waals surface area contributed by atoms with Gasteiger partial charge in [-0.3, -0.25) is 24.8 Å². The lowest BCUT2D eigenvalue weighted by Crippen LogP contribution is -2.58. The number of H-pyrrole nitrogens is 1. The van der Waals surface area contributed by atoms with E-state index in [0.717, 1.165) is 4.90 Å². The molecule has 2 rings (SSSR count). The third-order valence-corrected chi connectivity index (χ3v) is 3.30. The largest absolute Gasteiger partial charge is 0.395 e. The van der Waals surface area contributed by atoms with Crippen LogP contribution in [-0.4, -0.2) is 45.4 Å². The Morgan fingerprint density at radius 2 is 2.10 bits per heavy atom. The van der Waals surface area contributed by atoms with Gasteiger partial charge in [-0.1, -0.05) is 13.8 Å². The van der Waals surface area contributed by atoms with E-state index in [1.54, 1.807) is 6.92 Å². The molecular formula is C12H17N5O3.